The lowest BCUT2D eigenvalue weighted by atomic mass is 10.2. The van der Waals surface area contributed by atoms with Crippen LogP contribution in [0.25, 0.3) is 11.3 Å². The minimum Gasteiger partial charge on any atom is -0.486 e. The van der Waals surface area contributed by atoms with Gasteiger partial charge >= 0.3 is 0 Å². The zero-order valence-corrected chi connectivity index (χ0v) is 21.1. The minimum absolute atomic E-state index is 0.0167. The third-order valence-electron chi connectivity index (χ3n) is 4.41. The summed E-state index contributed by atoms with van der Waals surface area (Å²) in [5.74, 6) is 0.412. The van der Waals surface area contributed by atoms with Crippen molar-refractivity contribution in [3.8, 4) is 17.0 Å². The van der Waals surface area contributed by atoms with E-state index in [2.05, 4.69) is 36.4 Å². The van der Waals surface area contributed by atoms with Gasteiger partial charge in [0.1, 0.15) is 18.2 Å². The summed E-state index contributed by atoms with van der Waals surface area (Å²) < 4.78 is 21.6. The molecule has 0 aliphatic carbocycles. The second-order valence-corrected chi connectivity index (χ2v) is 9.83. The van der Waals surface area contributed by atoms with E-state index in [1.54, 1.807) is 11.6 Å². The fourth-order valence-corrected chi connectivity index (χ4v) is 4.58. The number of halogens is 3. The molecule has 2 aromatic carbocycles. The largest absolute Gasteiger partial charge is 0.486 e. The Labute approximate surface area is 210 Å². The Kier molecular flexibility index (Phi) is 7.63. The van der Waals surface area contributed by atoms with E-state index in [0.29, 0.717) is 21.9 Å². The number of hydrogen-bond donors (Lipinski definition) is 1. The average molecular weight is 569 g/mol. The van der Waals surface area contributed by atoms with Crippen LogP contribution in [-0.2, 0) is 18.4 Å². The van der Waals surface area contributed by atoms with E-state index in [-0.39, 0.29) is 23.3 Å². The number of aromatic nitrogens is 4. The summed E-state index contributed by atoms with van der Waals surface area (Å²) in [5.41, 5.74) is 1.77. The Balaban J connectivity index is 1.29. The number of carbonyl (C=O) groups excluding carboxylic acids is 1. The number of nitrogens with zero attached hydrogens (tertiary/aromatic N) is 4. The fraction of sp³-hybridized carbons (Fsp3) is 0.143. The van der Waals surface area contributed by atoms with E-state index < -0.39 is 5.82 Å². The van der Waals surface area contributed by atoms with Crippen molar-refractivity contribution in [3.05, 3.63) is 69.0 Å². The first-order chi connectivity index (χ1) is 15.9. The molecule has 1 N–H and O–H groups in total. The normalized spacial score (nSPS) is 10.9. The SMILES string of the molecule is Cn1c(COc2ccc(F)c(Cl)c2)nnc1SCC(=O)Nc1nc(-c2ccc(Br)cc2)cs1. The standard InChI is InChI=1S/C21H16BrClFN5O2S2/c1-29-18(9-31-14-6-7-16(24)15(23)8-14)27-28-21(29)33-11-19(30)26-20-25-17(10-32-20)12-2-4-13(22)5-3-12/h2-8,10H,9,11H2,1H3,(H,25,26,30). The van der Waals surface area contributed by atoms with E-state index >= 15 is 0 Å². The van der Waals surface area contributed by atoms with Crippen LogP contribution in [0.15, 0.2) is 57.5 Å². The highest BCUT2D eigenvalue weighted by atomic mass is 79.9. The van der Waals surface area contributed by atoms with Gasteiger partial charge in [-0.05, 0) is 24.3 Å². The Hall–Kier alpha value is -2.47. The molecule has 2 heterocycles. The smallest absolute Gasteiger partial charge is 0.236 e. The summed E-state index contributed by atoms with van der Waals surface area (Å²) >= 11 is 11.8. The maximum atomic E-state index is 13.3. The maximum absolute atomic E-state index is 13.3. The van der Waals surface area contributed by atoms with Crippen molar-refractivity contribution in [2.24, 2.45) is 7.05 Å². The molecule has 1 amide bonds. The molecule has 0 aliphatic rings. The van der Waals surface area contributed by atoms with E-state index in [0.717, 1.165) is 15.7 Å². The van der Waals surface area contributed by atoms with Gasteiger partial charge in [-0.1, -0.05) is 51.4 Å². The number of nitrogens with one attached hydrogen (secondary N) is 1. The number of anilines is 1. The molecule has 0 fully saturated rings. The van der Waals surface area contributed by atoms with Gasteiger partial charge < -0.3 is 14.6 Å². The van der Waals surface area contributed by atoms with Crippen LogP contribution < -0.4 is 10.1 Å². The van der Waals surface area contributed by atoms with Crippen LogP contribution in [-0.4, -0.2) is 31.4 Å². The monoisotopic (exact) mass is 567 g/mol. The zero-order chi connectivity index (χ0) is 23.4. The van der Waals surface area contributed by atoms with E-state index in [4.69, 9.17) is 16.3 Å². The highest BCUT2D eigenvalue weighted by Crippen LogP contribution is 2.27. The van der Waals surface area contributed by atoms with Crippen LogP contribution in [0.5, 0.6) is 5.75 Å². The number of thioether (sulfide) groups is 1. The molecule has 7 nitrogen and oxygen atoms in total. The van der Waals surface area contributed by atoms with Crippen LogP contribution >= 0.6 is 50.6 Å². The molecule has 0 saturated carbocycles. The van der Waals surface area contributed by atoms with Gasteiger partial charge in [0.25, 0.3) is 0 Å². The van der Waals surface area contributed by atoms with Crippen molar-refractivity contribution in [2.75, 3.05) is 11.1 Å². The number of thiazole rings is 1. The summed E-state index contributed by atoms with van der Waals surface area (Å²) in [4.78, 5) is 16.8. The Bertz CT molecular complexity index is 1280. The van der Waals surface area contributed by atoms with Crippen LogP contribution in [0.2, 0.25) is 5.02 Å². The van der Waals surface area contributed by atoms with E-state index in [9.17, 15) is 9.18 Å². The van der Waals surface area contributed by atoms with E-state index in [1.807, 2.05) is 29.6 Å². The molecule has 0 spiro atoms. The summed E-state index contributed by atoms with van der Waals surface area (Å²) in [6.45, 7) is 0.121. The van der Waals surface area contributed by atoms with Gasteiger partial charge in [-0.25, -0.2) is 9.37 Å². The molecule has 0 radical (unpaired) electrons. The minimum atomic E-state index is -0.512. The molecule has 0 unspecified atom stereocenters. The van der Waals surface area contributed by atoms with Gasteiger partial charge in [0.05, 0.1) is 16.5 Å². The van der Waals surface area contributed by atoms with Crippen molar-refractivity contribution in [1.82, 2.24) is 19.7 Å². The maximum Gasteiger partial charge on any atom is 0.236 e. The highest BCUT2D eigenvalue weighted by Gasteiger charge is 2.14. The first kappa shape index (κ1) is 23.7. The van der Waals surface area contributed by atoms with Crippen LogP contribution in [0.1, 0.15) is 5.82 Å². The number of benzene rings is 2. The lowest BCUT2D eigenvalue weighted by molar-refractivity contribution is -0.113. The number of carbonyl (C=O) groups is 1. The van der Waals surface area contributed by atoms with E-state index in [1.165, 1.54) is 41.3 Å². The van der Waals surface area contributed by atoms with Gasteiger partial charge in [0.15, 0.2) is 16.1 Å². The van der Waals surface area contributed by atoms with Crippen molar-refractivity contribution >= 4 is 61.7 Å². The number of hydrogen-bond acceptors (Lipinski definition) is 7. The van der Waals surface area contributed by atoms with Crippen molar-refractivity contribution in [2.45, 2.75) is 11.8 Å². The van der Waals surface area contributed by atoms with Gasteiger partial charge in [-0.2, -0.15) is 0 Å². The molecule has 33 heavy (non-hydrogen) atoms. The topological polar surface area (TPSA) is 81.9 Å². The molecular weight excluding hydrogens is 553 g/mol. The van der Waals surface area contributed by atoms with Gasteiger partial charge in [0.2, 0.25) is 5.91 Å². The van der Waals surface area contributed by atoms with Crippen molar-refractivity contribution in [3.63, 3.8) is 0 Å². The molecule has 2 aromatic heterocycles. The molecule has 0 bridgehead atoms. The van der Waals surface area contributed by atoms with Gasteiger partial charge in [-0.15, -0.1) is 21.5 Å². The predicted molar refractivity (Wildman–Crippen MR) is 131 cm³/mol. The second kappa shape index (κ2) is 10.6. The zero-order valence-electron chi connectivity index (χ0n) is 17.1. The Morgan fingerprint density at radius 2 is 2.06 bits per heavy atom. The quantitative estimate of drug-likeness (QED) is 0.271. The molecule has 4 rings (SSSR count). The van der Waals surface area contributed by atoms with Crippen molar-refractivity contribution < 1.29 is 13.9 Å². The first-order valence-electron chi connectivity index (χ1n) is 9.49. The summed E-state index contributed by atoms with van der Waals surface area (Å²) in [7, 11) is 1.78. The number of ether oxygens (including phenoxy) is 1. The highest BCUT2D eigenvalue weighted by molar-refractivity contribution is 9.10. The molecule has 4 aromatic rings. The Morgan fingerprint density at radius 3 is 2.82 bits per heavy atom. The number of amides is 1. The lowest BCUT2D eigenvalue weighted by Gasteiger charge is -2.07. The Morgan fingerprint density at radius 1 is 1.27 bits per heavy atom. The first-order valence-corrected chi connectivity index (χ1v) is 12.5. The third-order valence-corrected chi connectivity index (χ3v) is 7.00. The van der Waals surface area contributed by atoms with Gasteiger partial charge in [0, 0.05) is 28.5 Å². The molecule has 12 heteroatoms. The third kappa shape index (κ3) is 6.11. The summed E-state index contributed by atoms with van der Waals surface area (Å²) in [5, 5.41) is 14.0. The lowest BCUT2D eigenvalue weighted by Crippen LogP contribution is -2.14. The fourth-order valence-electron chi connectivity index (χ4n) is 2.68. The van der Waals surface area contributed by atoms with Crippen LogP contribution in [0.3, 0.4) is 0 Å². The summed E-state index contributed by atoms with van der Waals surface area (Å²) in [6.07, 6.45) is 0. The number of rotatable bonds is 8. The molecule has 170 valence electrons. The predicted octanol–water partition coefficient (Wildman–Crippen LogP) is 5.80. The molecule has 0 atom stereocenters. The molecular formula is C21H16BrClFN5O2S2. The average Bonchev–Trinajstić information content (AvgIpc) is 3.40. The molecule has 0 aliphatic heterocycles. The van der Waals surface area contributed by atoms with Gasteiger partial charge in [-0.3, -0.25) is 4.79 Å². The van der Waals surface area contributed by atoms with Crippen LogP contribution in [0, 0.1) is 5.82 Å². The molecule has 0 saturated heterocycles. The second-order valence-electron chi connectivity index (χ2n) is 6.70. The summed E-state index contributed by atoms with van der Waals surface area (Å²) in [6, 6.07) is 11.9. The van der Waals surface area contributed by atoms with Crippen molar-refractivity contribution in [1.29, 1.82) is 0 Å². The van der Waals surface area contributed by atoms with Crippen LogP contribution in [0.4, 0.5) is 9.52 Å².